The van der Waals surface area contributed by atoms with Crippen LogP contribution in [0.15, 0.2) is 36.7 Å². The standard InChI is InChI=1S/C16H16N4O2/c17-15(21)13-14(19-9-8-18-13)16(22)20-12-7-3-5-10-4-1-2-6-11(10)12/h1-2,4,6,8-9,12H,3,5,7H2,(H2,17,21)(H,20,22)/t12-/m0/s1. The van der Waals surface area contributed by atoms with Crippen LogP contribution in [0.2, 0.25) is 0 Å². The number of carbonyl (C=O) groups excluding carboxylic acids is 2. The second-order valence-electron chi connectivity index (χ2n) is 5.23. The summed E-state index contributed by atoms with van der Waals surface area (Å²) in [6, 6.07) is 7.97. The zero-order valence-corrected chi connectivity index (χ0v) is 12.0. The van der Waals surface area contributed by atoms with Gasteiger partial charge in [-0.05, 0) is 30.4 Å². The number of fused-ring (bicyclic) bond motifs is 1. The smallest absolute Gasteiger partial charge is 0.272 e. The summed E-state index contributed by atoms with van der Waals surface area (Å²) in [4.78, 5) is 31.6. The van der Waals surface area contributed by atoms with Crippen LogP contribution in [0.25, 0.3) is 0 Å². The lowest BCUT2D eigenvalue weighted by Gasteiger charge is -2.26. The lowest BCUT2D eigenvalue weighted by Crippen LogP contribution is -2.33. The number of aromatic nitrogens is 2. The lowest BCUT2D eigenvalue weighted by molar-refractivity contribution is 0.0911. The van der Waals surface area contributed by atoms with Crippen molar-refractivity contribution in [3.05, 3.63) is 59.2 Å². The van der Waals surface area contributed by atoms with Crippen molar-refractivity contribution in [1.29, 1.82) is 0 Å². The fourth-order valence-electron chi connectivity index (χ4n) is 2.81. The highest BCUT2D eigenvalue weighted by Crippen LogP contribution is 2.29. The van der Waals surface area contributed by atoms with E-state index >= 15 is 0 Å². The molecule has 0 aliphatic heterocycles. The zero-order valence-electron chi connectivity index (χ0n) is 12.0. The van der Waals surface area contributed by atoms with E-state index < -0.39 is 11.8 Å². The Hall–Kier alpha value is -2.76. The Labute approximate surface area is 127 Å². The van der Waals surface area contributed by atoms with Crippen LogP contribution in [0.4, 0.5) is 0 Å². The summed E-state index contributed by atoms with van der Waals surface area (Å²) in [5.74, 6) is -1.19. The molecule has 1 heterocycles. The maximum absolute atomic E-state index is 12.4. The maximum Gasteiger partial charge on any atom is 0.272 e. The van der Waals surface area contributed by atoms with Gasteiger partial charge in [0.15, 0.2) is 11.4 Å². The van der Waals surface area contributed by atoms with Crippen LogP contribution in [0.1, 0.15) is 51.0 Å². The molecule has 0 bridgehead atoms. The first kappa shape index (κ1) is 14.2. The van der Waals surface area contributed by atoms with Gasteiger partial charge in [0.05, 0.1) is 6.04 Å². The third-order valence-electron chi connectivity index (χ3n) is 3.82. The summed E-state index contributed by atoms with van der Waals surface area (Å²) in [6.45, 7) is 0. The van der Waals surface area contributed by atoms with E-state index in [1.807, 2.05) is 18.2 Å². The van der Waals surface area contributed by atoms with Crippen molar-refractivity contribution in [2.24, 2.45) is 5.73 Å². The van der Waals surface area contributed by atoms with Crippen LogP contribution in [-0.4, -0.2) is 21.8 Å². The van der Waals surface area contributed by atoms with Gasteiger partial charge in [-0.1, -0.05) is 24.3 Å². The number of amides is 2. The number of hydrogen-bond donors (Lipinski definition) is 2. The molecule has 1 aliphatic carbocycles. The van der Waals surface area contributed by atoms with Crippen molar-refractivity contribution in [2.45, 2.75) is 25.3 Å². The third-order valence-corrected chi connectivity index (χ3v) is 3.82. The van der Waals surface area contributed by atoms with Crippen LogP contribution in [0.3, 0.4) is 0 Å². The monoisotopic (exact) mass is 296 g/mol. The van der Waals surface area contributed by atoms with E-state index in [0.717, 1.165) is 24.8 Å². The number of rotatable bonds is 3. The molecular weight excluding hydrogens is 280 g/mol. The molecule has 6 nitrogen and oxygen atoms in total. The quantitative estimate of drug-likeness (QED) is 0.894. The molecule has 1 atom stereocenters. The molecule has 1 aliphatic rings. The summed E-state index contributed by atoms with van der Waals surface area (Å²) < 4.78 is 0. The average molecular weight is 296 g/mol. The molecule has 3 rings (SSSR count). The van der Waals surface area contributed by atoms with Gasteiger partial charge in [0.1, 0.15) is 0 Å². The van der Waals surface area contributed by atoms with Crippen LogP contribution in [-0.2, 0) is 6.42 Å². The Morgan fingerprint density at radius 2 is 1.86 bits per heavy atom. The summed E-state index contributed by atoms with van der Waals surface area (Å²) in [6.07, 6.45) is 5.59. The number of primary amides is 1. The minimum atomic E-state index is -0.762. The van der Waals surface area contributed by atoms with Gasteiger partial charge in [-0.15, -0.1) is 0 Å². The normalized spacial score (nSPS) is 16.6. The number of nitrogens with zero attached hydrogens (tertiary/aromatic N) is 2. The fourth-order valence-corrected chi connectivity index (χ4v) is 2.81. The van der Waals surface area contributed by atoms with Crippen molar-refractivity contribution in [3.8, 4) is 0 Å². The van der Waals surface area contributed by atoms with Gasteiger partial charge in [-0.25, -0.2) is 9.97 Å². The largest absolute Gasteiger partial charge is 0.364 e. The molecule has 22 heavy (non-hydrogen) atoms. The minimum Gasteiger partial charge on any atom is -0.364 e. The molecule has 1 aromatic heterocycles. The Morgan fingerprint density at radius 1 is 1.14 bits per heavy atom. The van der Waals surface area contributed by atoms with Gasteiger partial charge in [0.25, 0.3) is 11.8 Å². The summed E-state index contributed by atoms with van der Waals surface area (Å²) in [5.41, 5.74) is 7.46. The molecule has 112 valence electrons. The molecule has 0 fully saturated rings. The molecule has 6 heteroatoms. The SMILES string of the molecule is NC(=O)c1nccnc1C(=O)N[C@H]1CCCc2ccccc21. The number of benzene rings is 1. The number of aryl methyl sites for hydroxylation is 1. The van der Waals surface area contributed by atoms with Crippen LogP contribution >= 0.6 is 0 Å². The van der Waals surface area contributed by atoms with Gasteiger partial charge in [-0.2, -0.15) is 0 Å². The van der Waals surface area contributed by atoms with Gasteiger partial charge >= 0.3 is 0 Å². The molecule has 0 saturated heterocycles. The molecule has 1 aromatic carbocycles. The van der Waals surface area contributed by atoms with E-state index in [9.17, 15) is 9.59 Å². The maximum atomic E-state index is 12.4. The molecular formula is C16H16N4O2. The third kappa shape index (κ3) is 2.67. The van der Waals surface area contributed by atoms with Crippen molar-refractivity contribution >= 4 is 11.8 Å². The first-order chi connectivity index (χ1) is 10.7. The summed E-state index contributed by atoms with van der Waals surface area (Å²) in [7, 11) is 0. The molecule has 0 saturated carbocycles. The first-order valence-electron chi connectivity index (χ1n) is 7.16. The predicted molar refractivity (Wildman–Crippen MR) is 80.1 cm³/mol. The number of hydrogen-bond acceptors (Lipinski definition) is 4. The zero-order chi connectivity index (χ0) is 15.5. The minimum absolute atomic E-state index is 0.0296. The second kappa shape index (κ2) is 5.93. The fraction of sp³-hybridized carbons (Fsp3) is 0.250. The van der Waals surface area contributed by atoms with E-state index in [4.69, 9.17) is 5.73 Å². The van der Waals surface area contributed by atoms with Crippen molar-refractivity contribution in [1.82, 2.24) is 15.3 Å². The number of nitrogens with two attached hydrogens (primary N) is 1. The second-order valence-corrected chi connectivity index (χ2v) is 5.23. The highest BCUT2D eigenvalue weighted by molar-refractivity contribution is 6.04. The molecule has 2 aromatic rings. The van der Waals surface area contributed by atoms with E-state index in [2.05, 4.69) is 21.4 Å². The van der Waals surface area contributed by atoms with Crippen LogP contribution in [0, 0.1) is 0 Å². The summed E-state index contributed by atoms with van der Waals surface area (Å²) in [5, 5.41) is 2.94. The van der Waals surface area contributed by atoms with Gasteiger partial charge < -0.3 is 11.1 Å². The number of nitrogens with one attached hydrogen (secondary N) is 1. The Kier molecular flexibility index (Phi) is 3.82. The number of carbonyl (C=O) groups is 2. The molecule has 0 unspecified atom stereocenters. The van der Waals surface area contributed by atoms with E-state index in [1.165, 1.54) is 18.0 Å². The highest BCUT2D eigenvalue weighted by atomic mass is 16.2. The lowest BCUT2D eigenvalue weighted by atomic mass is 9.87. The Balaban J connectivity index is 1.86. The molecule has 3 N–H and O–H groups in total. The van der Waals surface area contributed by atoms with Gasteiger partial charge in [0.2, 0.25) is 0 Å². The topological polar surface area (TPSA) is 98.0 Å². The van der Waals surface area contributed by atoms with Crippen molar-refractivity contribution < 1.29 is 9.59 Å². The van der Waals surface area contributed by atoms with E-state index in [1.54, 1.807) is 0 Å². The Morgan fingerprint density at radius 3 is 2.64 bits per heavy atom. The predicted octanol–water partition coefficient (Wildman–Crippen LogP) is 1.38. The van der Waals surface area contributed by atoms with E-state index in [0.29, 0.717) is 0 Å². The van der Waals surface area contributed by atoms with Gasteiger partial charge in [0, 0.05) is 12.4 Å². The molecule has 0 spiro atoms. The first-order valence-corrected chi connectivity index (χ1v) is 7.16. The highest BCUT2D eigenvalue weighted by Gasteiger charge is 2.24. The van der Waals surface area contributed by atoms with Crippen LogP contribution < -0.4 is 11.1 Å². The molecule has 0 radical (unpaired) electrons. The van der Waals surface area contributed by atoms with Crippen LogP contribution in [0.5, 0.6) is 0 Å². The van der Waals surface area contributed by atoms with Crippen molar-refractivity contribution in [2.75, 3.05) is 0 Å². The van der Waals surface area contributed by atoms with Gasteiger partial charge in [-0.3, -0.25) is 9.59 Å². The summed E-state index contributed by atoms with van der Waals surface area (Å²) >= 11 is 0. The molecule has 2 amide bonds. The van der Waals surface area contributed by atoms with E-state index in [-0.39, 0.29) is 17.4 Å². The average Bonchev–Trinajstić information content (AvgIpc) is 2.55. The van der Waals surface area contributed by atoms with Crippen molar-refractivity contribution in [3.63, 3.8) is 0 Å². The Bertz CT molecular complexity index is 730.